The third-order valence-electron chi connectivity index (χ3n) is 2.26. The Balaban J connectivity index is 2.07. The topological polar surface area (TPSA) is 64.8 Å². The van der Waals surface area contributed by atoms with Crippen molar-refractivity contribution in [3.8, 4) is 0 Å². The average Bonchev–Trinajstić information content (AvgIpc) is 2.77. The molecule has 0 amide bonds. The molecule has 0 atom stereocenters. The summed E-state index contributed by atoms with van der Waals surface area (Å²) in [6.45, 7) is 0. The highest BCUT2D eigenvalue weighted by Crippen LogP contribution is 2.05. The van der Waals surface area contributed by atoms with Gasteiger partial charge in [-0.05, 0) is 12.1 Å². The minimum absolute atomic E-state index is 0.200. The number of hydrogen-bond acceptors (Lipinski definition) is 4. The highest BCUT2D eigenvalue weighted by atomic mass is 16.1. The first-order valence-electron chi connectivity index (χ1n) is 5.12. The number of aromatic nitrogens is 3. The molecule has 0 spiro atoms. The summed E-state index contributed by atoms with van der Waals surface area (Å²) in [6.07, 6.45) is 4.44. The predicted octanol–water partition coefficient (Wildman–Crippen LogP) is 1.27. The highest BCUT2D eigenvalue weighted by molar-refractivity contribution is 6.12. The van der Waals surface area contributed by atoms with Crippen molar-refractivity contribution < 1.29 is 9.59 Å². The molecule has 5 heteroatoms. The quantitative estimate of drug-likeness (QED) is 0.585. The standard InChI is InChI=1S/C12H11N3O2/c1-15-7-10(14-8-15)12(17)6-11(16)9-4-2-3-5-13-9/h2-5,7-8H,6H2,1H3. The normalized spacial score (nSPS) is 10.2. The summed E-state index contributed by atoms with van der Waals surface area (Å²) >= 11 is 0. The van der Waals surface area contributed by atoms with Gasteiger partial charge in [0, 0.05) is 19.4 Å². The van der Waals surface area contributed by atoms with Gasteiger partial charge in [0.05, 0.1) is 12.7 Å². The number of ketones is 2. The lowest BCUT2D eigenvalue weighted by molar-refractivity contribution is 0.0889. The van der Waals surface area contributed by atoms with Crippen LogP contribution in [0.25, 0.3) is 0 Å². The van der Waals surface area contributed by atoms with Crippen molar-refractivity contribution >= 4 is 11.6 Å². The first-order chi connectivity index (χ1) is 8.16. The molecule has 2 rings (SSSR count). The van der Waals surface area contributed by atoms with Crippen LogP contribution >= 0.6 is 0 Å². The first kappa shape index (κ1) is 11.2. The van der Waals surface area contributed by atoms with Gasteiger partial charge in [0.2, 0.25) is 0 Å². The lowest BCUT2D eigenvalue weighted by Crippen LogP contribution is -2.10. The van der Waals surface area contributed by atoms with Crippen molar-refractivity contribution in [1.82, 2.24) is 14.5 Å². The molecule has 0 saturated carbocycles. The van der Waals surface area contributed by atoms with Crippen LogP contribution in [0.2, 0.25) is 0 Å². The van der Waals surface area contributed by atoms with E-state index in [0.29, 0.717) is 11.4 Å². The highest BCUT2D eigenvalue weighted by Gasteiger charge is 2.15. The molecule has 0 bridgehead atoms. The fourth-order valence-electron chi connectivity index (χ4n) is 1.41. The molecule has 0 saturated heterocycles. The van der Waals surface area contributed by atoms with Crippen LogP contribution in [0.5, 0.6) is 0 Å². The SMILES string of the molecule is Cn1cnc(C(=O)CC(=O)c2ccccn2)c1. The molecule has 0 aliphatic carbocycles. The monoisotopic (exact) mass is 229 g/mol. The van der Waals surface area contributed by atoms with Crippen LogP contribution in [0.15, 0.2) is 36.9 Å². The van der Waals surface area contributed by atoms with Gasteiger partial charge in [0.1, 0.15) is 11.4 Å². The maximum Gasteiger partial charge on any atom is 0.190 e. The van der Waals surface area contributed by atoms with E-state index in [0.717, 1.165) is 0 Å². The molecule has 0 unspecified atom stereocenters. The molecule has 0 aliphatic rings. The van der Waals surface area contributed by atoms with E-state index in [1.165, 1.54) is 12.5 Å². The molecule has 0 aromatic carbocycles. The van der Waals surface area contributed by atoms with E-state index in [1.807, 2.05) is 0 Å². The fraction of sp³-hybridized carbons (Fsp3) is 0.167. The number of rotatable bonds is 4. The molecule has 0 aliphatic heterocycles. The minimum Gasteiger partial charge on any atom is -0.340 e. The minimum atomic E-state index is -0.291. The van der Waals surface area contributed by atoms with Gasteiger partial charge < -0.3 is 4.57 Å². The Hall–Kier alpha value is -2.30. The van der Waals surface area contributed by atoms with Gasteiger partial charge in [-0.2, -0.15) is 0 Å². The lowest BCUT2D eigenvalue weighted by Gasteiger charge is -1.97. The van der Waals surface area contributed by atoms with E-state index < -0.39 is 0 Å². The Labute approximate surface area is 98.1 Å². The van der Waals surface area contributed by atoms with Crippen LogP contribution in [0.1, 0.15) is 27.4 Å². The zero-order valence-corrected chi connectivity index (χ0v) is 9.33. The Morgan fingerprint density at radius 3 is 2.53 bits per heavy atom. The number of imidazole rings is 1. The number of carbonyl (C=O) groups is 2. The van der Waals surface area contributed by atoms with Crippen molar-refractivity contribution in [3.63, 3.8) is 0 Å². The van der Waals surface area contributed by atoms with Gasteiger partial charge in [0.25, 0.3) is 0 Å². The summed E-state index contributed by atoms with van der Waals surface area (Å²) in [5, 5.41) is 0. The van der Waals surface area contributed by atoms with Crippen molar-refractivity contribution in [3.05, 3.63) is 48.3 Å². The zero-order chi connectivity index (χ0) is 12.3. The summed E-state index contributed by atoms with van der Waals surface area (Å²) in [6, 6.07) is 5.02. The Bertz CT molecular complexity index is 546. The smallest absolute Gasteiger partial charge is 0.190 e. The average molecular weight is 229 g/mol. The van der Waals surface area contributed by atoms with Gasteiger partial charge in [-0.25, -0.2) is 4.98 Å². The number of carbonyl (C=O) groups excluding carboxylic acids is 2. The molecular formula is C12H11N3O2. The molecule has 2 aromatic heterocycles. The summed E-state index contributed by atoms with van der Waals surface area (Å²) in [5.41, 5.74) is 0.605. The second-order valence-electron chi connectivity index (χ2n) is 3.66. The molecule has 5 nitrogen and oxygen atoms in total. The van der Waals surface area contributed by atoms with Crippen LogP contribution in [0.3, 0.4) is 0 Å². The largest absolute Gasteiger partial charge is 0.340 e. The summed E-state index contributed by atoms with van der Waals surface area (Å²) in [5.74, 6) is -0.581. The van der Waals surface area contributed by atoms with E-state index in [2.05, 4.69) is 9.97 Å². The second-order valence-corrected chi connectivity index (χ2v) is 3.66. The fourth-order valence-corrected chi connectivity index (χ4v) is 1.41. The lowest BCUT2D eigenvalue weighted by atomic mass is 10.1. The second kappa shape index (κ2) is 4.69. The predicted molar refractivity (Wildman–Crippen MR) is 60.7 cm³/mol. The third kappa shape index (κ3) is 2.63. The summed E-state index contributed by atoms with van der Waals surface area (Å²) in [4.78, 5) is 31.2. The Morgan fingerprint density at radius 1 is 1.18 bits per heavy atom. The molecule has 86 valence electrons. The van der Waals surface area contributed by atoms with Gasteiger partial charge in [-0.1, -0.05) is 6.07 Å². The number of Topliss-reactive ketones (excluding diaryl/α,β-unsaturated/α-hetero) is 2. The number of hydrogen-bond donors (Lipinski definition) is 0. The van der Waals surface area contributed by atoms with Gasteiger partial charge in [-0.15, -0.1) is 0 Å². The van der Waals surface area contributed by atoms with Crippen LogP contribution in [-0.4, -0.2) is 26.1 Å². The molecular weight excluding hydrogens is 218 g/mol. The van der Waals surface area contributed by atoms with E-state index in [4.69, 9.17) is 0 Å². The number of pyridine rings is 1. The summed E-state index contributed by atoms with van der Waals surface area (Å²) in [7, 11) is 1.77. The molecule has 0 N–H and O–H groups in total. The Kier molecular flexibility index (Phi) is 3.09. The van der Waals surface area contributed by atoms with Crippen molar-refractivity contribution in [1.29, 1.82) is 0 Å². The third-order valence-corrected chi connectivity index (χ3v) is 2.26. The summed E-state index contributed by atoms with van der Waals surface area (Å²) < 4.78 is 1.67. The van der Waals surface area contributed by atoms with Crippen molar-refractivity contribution in [2.75, 3.05) is 0 Å². The van der Waals surface area contributed by atoms with Gasteiger partial charge in [0.15, 0.2) is 11.6 Å². The van der Waals surface area contributed by atoms with Crippen LogP contribution < -0.4 is 0 Å². The first-order valence-corrected chi connectivity index (χ1v) is 5.12. The molecule has 0 radical (unpaired) electrons. The zero-order valence-electron chi connectivity index (χ0n) is 9.33. The van der Waals surface area contributed by atoms with Crippen molar-refractivity contribution in [2.24, 2.45) is 7.05 Å². The molecule has 2 aromatic rings. The van der Waals surface area contributed by atoms with Gasteiger partial charge >= 0.3 is 0 Å². The van der Waals surface area contributed by atoms with Crippen LogP contribution in [0.4, 0.5) is 0 Å². The maximum atomic E-state index is 11.7. The maximum absolute atomic E-state index is 11.7. The van der Waals surface area contributed by atoms with Crippen molar-refractivity contribution in [2.45, 2.75) is 6.42 Å². The van der Waals surface area contributed by atoms with E-state index in [9.17, 15) is 9.59 Å². The van der Waals surface area contributed by atoms with Gasteiger partial charge in [-0.3, -0.25) is 14.6 Å². The number of nitrogens with zero attached hydrogens (tertiary/aromatic N) is 3. The molecule has 17 heavy (non-hydrogen) atoms. The Morgan fingerprint density at radius 2 is 1.94 bits per heavy atom. The van der Waals surface area contributed by atoms with E-state index in [1.54, 1.807) is 36.0 Å². The van der Waals surface area contributed by atoms with E-state index >= 15 is 0 Å². The van der Waals surface area contributed by atoms with Crippen LogP contribution in [-0.2, 0) is 7.05 Å². The molecule has 0 fully saturated rings. The molecule has 2 heterocycles. The number of aryl methyl sites for hydroxylation is 1. The van der Waals surface area contributed by atoms with Crippen LogP contribution in [0, 0.1) is 0 Å². The van der Waals surface area contributed by atoms with E-state index in [-0.39, 0.29) is 18.0 Å².